The summed E-state index contributed by atoms with van der Waals surface area (Å²) >= 11 is 0. The molecular formula is C70H119N11O13. The van der Waals surface area contributed by atoms with Crippen molar-refractivity contribution < 1.29 is 62.6 Å². The summed E-state index contributed by atoms with van der Waals surface area (Å²) in [7, 11) is 11.1. The summed E-state index contributed by atoms with van der Waals surface area (Å²) in [6, 6.07) is -3.89. The van der Waals surface area contributed by atoms with E-state index in [2.05, 4.69) is 16.0 Å². The van der Waals surface area contributed by atoms with Crippen molar-refractivity contribution in [3.8, 4) is 0 Å². The van der Waals surface area contributed by atoms with Gasteiger partial charge in [0, 0.05) is 63.0 Å². The van der Waals surface area contributed by atoms with Crippen LogP contribution in [0.15, 0.2) is 42.5 Å². The monoisotopic (exact) mass is 1320 g/mol. The standard InChI is InChI=1S/C70H119N11O13/c1-26-28-32-46(15)58(82)57-61(85)73-50(27-2)63(87)80(24)70(94-25)69(93)77(21)54(38-43(9)10)66(90)81(39-49-33-30-29-31-34-49)56(45(13)14)68(92)74(18)51(35-40(3)4)60(84)71-47(16)59(83)72-48(17)62(86)75(19)52(36-41(5)6)64(88)76(20)53(37-42(7)8)65(89)78(22)55(44(11)12)67(91)79(57)23/h26,28-31,33-34,40-48,50-58,70,82H,27,32,35-39H2,1-25H3,(H,71,84)(H,72,83)(H,73,85)/b28-26+/t46-,47+,48-,50+,51+,52+,53+,54+,55+,56-,57+,58-,70?/m1/s1. The summed E-state index contributed by atoms with van der Waals surface area (Å²) in [5.41, 5.74) is 0.653. The van der Waals surface area contributed by atoms with Crippen LogP contribution in [0.25, 0.3) is 0 Å². The summed E-state index contributed by atoms with van der Waals surface area (Å²) < 4.78 is 5.81. The Labute approximate surface area is 562 Å². The van der Waals surface area contributed by atoms with Gasteiger partial charge in [-0.15, -0.1) is 0 Å². The molecule has 0 saturated carbocycles. The highest BCUT2D eigenvalue weighted by atomic mass is 16.5. The van der Waals surface area contributed by atoms with Crippen LogP contribution in [0.4, 0.5) is 0 Å². The molecule has 0 aliphatic carbocycles. The van der Waals surface area contributed by atoms with E-state index in [9.17, 15) is 24.3 Å². The minimum Gasteiger partial charge on any atom is -0.390 e. The molecule has 1 aromatic carbocycles. The number of methoxy groups -OCH3 is 1. The van der Waals surface area contributed by atoms with E-state index in [1.54, 1.807) is 84.9 Å². The van der Waals surface area contributed by atoms with Crippen molar-refractivity contribution in [2.45, 2.75) is 236 Å². The number of likely N-dealkylation sites (N-methyl/N-ethyl adjacent to an activating group) is 7. The van der Waals surface area contributed by atoms with Gasteiger partial charge in [-0.25, -0.2) is 0 Å². The molecule has 1 aliphatic rings. The molecule has 24 heteroatoms. The zero-order chi connectivity index (χ0) is 72.2. The number of amides is 11. The van der Waals surface area contributed by atoms with Crippen molar-refractivity contribution >= 4 is 65.0 Å². The molecule has 1 fully saturated rings. The van der Waals surface area contributed by atoms with E-state index < -0.39 is 155 Å². The van der Waals surface area contributed by atoms with Gasteiger partial charge in [0.15, 0.2) is 0 Å². The van der Waals surface area contributed by atoms with Gasteiger partial charge in [0.05, 0.1) is 6.10 Å². The second kappa shape index (κ2) is 38.0. The van der Waals surface area contributed by atoms with Gasteiger partial charge in [-0.1, -0.05) is 139 Å². The predicted molar refractivity (Wildman–Crippen MR) is 363 cm³/mol. The van der Waals surface area contributed by atoms with Crippen molar-refractivity contribution in [2.75, 3.05) is 56.4 Å². The third kappa shape index (κ3) is 22.1. The lowest BCUT2D eigenvalue weighted by Crippen LogP contribution is -2.64. The van der Waals surface area contributed by atoms with Crippen molar-refractivity contribution in [1.82, 2.24) is 55.1 Å². The lowest BCUT2D eigenvalue weighted by atomic mass is 9.91. The van der Waals surface area contributed by atoms with Gasteiger partial charge in [0.1, 0.15) is 60.4 Å². The van der Waals surface area contributed by atoms with Crippen LogP contribution in [0.5, 0.6) is 0 Å². The number of aliphatic hydroxyl groups excluding tert-OH is 1. The Balaban J connectivity index is 3.17. The largest absolute Gasteiger partial charge is 0.390 e. The first-order valence-corrected chi connectivity index (χ1v) is 33.6. The molecule has 13 atom stereocenters. The summed E-state index contributed by atoms with van der Waals surface area (Å²) in [4.78, 5) is 175. The van der Waals surface area contributed by atoms with E-state index >= 15 is 33.6 Å². The molecule has 0 radical (unpaired) electrons. The lowest BCUT2D eigenvalue weighted by Gasteiger charge is -2.42. The highest BCUT2D eigenvalue weighted by Crippen LogP contribution is 2.28. The first-order valence-electron chi connectivity index (χ1n) is 33.6. The number of ether oxygens (including phenoxy) is 1. The van der Waals surface area contributed by atoms with Gasteiger partial charge in [0.2, 0.25) is 65.3 Å². The molecule has 2 rings (SSSR count). The summed E-state index contributed by atoms with van der Waals surface area (Å²) in [5.74, 6) is -10.4. The Morgan fingerprint density at radius 3 is 1.34 bits per heavy atom. The lowest BCUT2D eigenvalue weighted by molar-refractivity contribution is -0.167. The molecule has 532 valence electrons. The number of nitrogens with one attached hydrogen (secondary N) is 3. The second-order valence-electron chi connectivity index (χ2n) is 28.3. The molecule has 0 bridgehead atoms. The number of benzene rings is 1. The zero-order valence-electron chi connectivity index (χ0n) is 61.4. The number of hydrogen-bond acceptors (Lipinski definition) is 13. The molecule has 1 aliphatic heterocycles. The van der Waals surface area contributed by atoms with E-state index in [0.29, 0.717) is 5.56 Å². The van der Waals surface area contributed by atoms with Crippen LogP contribution in [0, 0.1) is 41.4 Å². The maximum Gasteiger partial charge on any atom is 0.273 e. The van der Waals surface area contributed by atoms with E-state index in [-0.39, 0.29) is 68.7 Å². The third-order valence-corrected chi connectivity index (χ3v) is 17.9. The quantitative estimate of drug-likeness (QED) is 0.139. The molecular weight excluding hydrogens is 1200 g/mol. The molecule has 1 saturated heterocycles. The Morgan fingerprint density at radius 1 is 0.468 bits per heavy atom. The number of carbonyl (C=O) groups is 11. The Hall–Kier alpha value is -6.95. The first-order chi connectivity index (χ1) is 43.7. The summed E-state index contributed by atoms with van der Waals surface area (Å²) in [5, 5.41) is 20.5. The van der Waals surface area contributed by atoms with Crippen molar-refractivity contribution in [3.05, 3.63) is 48.0 Å². The van der Waals surface area contributed by atoms with Gasteiger partial charge in [-0.2, -0.15) is 0 Å². The molecule has 11 amide bonds. The molecule has 4 N–H and O–H groups in total. The fourth-order valence-electron chi connectivity index (χ4n) is 12.2. The summed E-state index contributed by atoms with van der Waals surface area (Å²) in [6.45, 7) is 29.9. The maximum atomic E-state index is 15.8. The number of allylic oxidation sites excluding steroid dienone is 2. The van der Waals surface area contributed by atoms with E-state index in [1.807, 2.05) is 61.5 Å². The van der Waals surface area contributed by atoms with Crippen LogP contribution in [0.1, 0.15) is 162 Å². The molecule has 0 aromatic heterocycles. The maximum absolute atomic E-state index is 15.8. The number of nitrogens with zero attached hydrogens (tertiary/aromatic N) is 8. The summed E-state index contributed by atoms with van der Waals surface area (Å²) in [6.07, 6.45) is 1.08. The van der Waals surface area contributed by atoms with Crippen molar-refractivity contribution in [3.63, 3.8) is 0 Å². The van der Waals surface area contributed by atoms with Gasteiger partial charge >= 0.3 is 0 Å². The van der Waals surface area contributed by atoms with E-state index in [1.165, 1.54) is 99.7 Å². The first kappa shape index (κ1) is 83.1. The molecule has 1 aromatic rings. The number of aliphatic hydroxyl groups is 1. The van der Waals surface area contributed by atoms with Crippen LogP contribution in [-0.4, -0.2) is 238 Å². The molecule has 94 heavy (non-hydrogen) atoms. The fourth-order valence-corrected chi connectivity index (χ4v) is 12.2. The van der Waals surface area contributed by atoms with Gasteiger partial charge in [0.25, 0.3) is 5.91 Å². The highest BCUT2D eigenvalue weighted by Gasteiger charge is 2.47. The number of hydrogen-bond donors (Lipinski definition) is 4. The highest BCUT2D eigenvalue weighted by molar-refractivity contribution is 6.00. The Kier molecular flexibility index (Phi) is 33.6. The van der Waals surface area contributed by atoms with Crippen molar-refractivity contribution in [2.24, 2.45) is 41.4 Å². The molecule has 24 nitrogen and oxygen atoms in total. The van der Waals surface area contributed by atoms with Crippen LogP contribution in [0.2, 0.25) is 0 Å². The van der Waals surface area contributed by atoms with Gasteiger partial charge in [-0.05, 0) is 106 Å². The predicted octanol–water partition coefficient (Wildman–Crippen LogP) is 5.15. The smallest absolute Gasteiger partial charge is 0.273 e. The molecule has 0 spiro atoms. The topological polar surface area (TPSA) is 279 Å². The van der Waals surface area contributed by atoms with Crippen molar-refractivity contribution in [1.29, 1.82) is 0 Å². The van der Waals surface area contributed by atoms with Gasteiger partial charge < -0.3 is 65.0 Å². The number of carbonyl (C=O) groups excluding carboxylic acids is 11. The van der Waals surface area contributed by atoms with Crippen LogP contribution in [-0.2, 0) is 64.0 Å². The van der Waals surface area contributed by atoms with Crippen LogP contribution >= 0.6 is 0 Å². The normalized spacial score (nSPS) is 26.3. The average molecular weight is 1320 g/mol. The Bertz CT molecular complexity index is 2740. The average Bonchev–Trinajstić information content (AvgIpc) is 0.803. The van der Waals surface area contributed by atoms with Crippen LogP contribution in [0.3, 0.4) is 0 Å². The third-order valence-electron chi connectivity index (χ3n) is 17.9. The SMILES string of the molecule is C/C=C/C[C@@H](C)[C@@H](O)[C@H]1C(=O)N[C@@H](CC)C(=O)N(C)C(OC)C(=O)N(C)[C@@H](CC(C)C)C(=O)N(Cc2ccccc2)[C@H](C(C)C)C(=O)N(C)[C@@H](CC(C)C)C(=O)N[C@@H](C)C(=O)N[C@H](C)C(=O)N(C)[C@@H](CC(C)C)C(=O)N(C)[C@@H](CC(C)C)C(=O)N(C)[C@@H](C(C)C)C(=O)N1C. The fraction of sp³-hybridized carbons (Fsp3) is 0.729. The molecule has 1 heterocycles. The second-order valence-corrected chi connectivity index (χ2v) is 28.3. The minimum absolute atomic E-state index is 0.0456. The minimum atomic E-state index is -1.69. The zero-order valence-corrected chi connectivity index (χ0v) is 61.4. The van der Waals surface area contributed by atoms with E-state index in [4.69, 9.17) is 4.74 Å². The van der Waals surface area contributed by atoms with Crippen LogP contribution < -0.4 is 16.0 Å². The number of rotatable bonds is 18. The van der Waals surface area contributed by atoms with E-state index in [0.717, 1.165) is 9.80 Å². The molecule has 1 unspecified atom stereocenters. The Morgan fingerprint density at radius 2 is 0.883 bits per heavy atom. The van der Waals surface area contributed by atoms with Gasteiger partial charge in [-0.3, -0.25) is 52.7 Å².